The Hall–Kier alpha value is -2.60. The number of carbonyl (C=O) groups excluding carboxylic acids is 1. The summed E-state index contributed by atoms with van der Waals surface area (Å²) < 4.78 is 10.6. The zero-order valence-electron chi connectivity index (χ0n) is 12.4. The topological polar surface area (TPSA) is 65.2 Å². The fourth-order valence-electron chi connectivity index (χ4n) is 1.99. The molecule has 1 heterocycles. The summed E-state index contributed by atoms with van der Waals surface area (Å²) in [5.74, 6) is 1.17. The Morgan fingerprint density at radius 1 is 1.09 bits per heavy atom. The lowest BCUT2D eigenvalue weighted by atomic mass is 10.2. The van der Waals surface area contributed by atoms with E-state index in [1.54, 1.807) is 7.11 Å². The Morgan fingerprint density at radius 3 is 2.52 bits per heavy atom. The molecule has 0 amide bonds. The van der Waals surface area contributed by atoms with Crippen LogP contribution in [0, 0.1) is 0 Å². The van der Waals surface area contributed by atoms with E-state index in [9.17, 15) is 4.79 Å². The Labute approximate surface area is 137 Å². The maximum absolute atomic E-state index is 12.1. The predicted octanol–water partition coefficient (Wildman–Crippen LogP) is 3.61. The van der Waals surface area contributed by atoms with Gasteiger partial charge in [-0.2, -0.15) is 0 Å². The molecule has 0 N–H and O–H groups in total. The molecule has 0 unspecified atom stereocenters. The van der Waals surface area contributed by atoms with E-state index in [-0.39, 0.29) is 16.8 Å². The van der Waals surface area contributed by atoms with Gasteiger partial charge in [0.1, 0.15) is 5.75 Å². The maximum atomic E-state index is 12.1. The van der Waals surface area contributed by atoms with E-state index in [0.29, 0.717) is 5.89 Å². The van der Waals surface area contributed by atoms with Crippen molar-refractivity contribution in [2.45, 2.75) is 11.6 Å². The number of carbonyl (C=O) groups is 1. The molecule has 0 radical (unpaired) electrons. The lowest BCUT2D eigenvalue weighted by Crippen LogP contribution is -1.97. The molecule has 0 saturated carbocycles. The summed E-state index contributed by atoms with van der Waals surface area (Å²) in [6.07, 6.45) is 0.289. The van der Waals surface area contributed by atoms with E-state index in [2.05, 4.69) is 10.2 Å². The molecule has 5 nitrogen and oxygen atoms in total. The Morgan fingerprint density at radius 2 is 1.83 bits per heavy atom. The van der Waals surface area contributed by atoms with Crippen molar-refractivity contribution in [3.63, 3.8) is 0 Å². The van der Waals surface area contributed by atoms with Crippen LogP contribution in [0.25, 0.3) is 11.5 Å². The molecule has 0 aliphatic rings. The Balaban J connectivity index is 1.63. The molecule has 0 atom stereocenters. The van der Waals surface area contributed by atoms with E-state index in [1.165, 1.54) is 0 Å². The zero-order chi connectivity index (χ0) is 16.1. The highest BCUT2D eigenvalue weighted by atomic mass is 32.2. The first kappa shape index (κ1) is 15.3. The van der Waals surface area contributed by atoms with Crippen molar-refractivity contribution < 1.29 is 13.9 Å². The number of benzene rings is 2. The number of thioether (sulfide) groups is 1. The van der Waals surface area contributed by atoms with Crippen molar-refractivity contribution in [3.8, 4) is 17.2 Å². The highest BCUT2D eigenvalue weighted by Crippen LogP contribution is 2.24. The summed E-state index contributed by atoms with van der Waals surface area (Å²) in [5.41, 5.74) is 1.74. The molecular weight excluding hydrogens is 312 g/mol. The van der Waals surface area contributed by atoms with Crippen LogP contribution in [-0.2, 0) is 11.2 Å². The number of methoxy groups -OCH3 is 1. The molecule has 0 bridgehead atoms. The molecule has 0 spiro atoms. The van der Waals surface area contributed by atoms with Gasteiger partial charge in [0.25, 0.3) is 5.22 Å². The molecule has 0 fully saturated rings. The van der Waals surface area contributed by atoms with Gasteiger partial charge in [0.05, 0.1) is 7.11 Å². The third-order valence-electron chi connectivity index (χ3n) is 3.14. The summed E-state index contributed by atoms with van der Waals surface area (Å²) in [6.45, 7) is 0. The Bertz CT molecular complexity index is 785. The number of aromatic nitrogens is 2. The Kier molecular flexibility index (Phi) is 4.73. The summed E-state index contributed by atoms with van der Waals surface area (Å²) >= 11 is 0.953. The third-order valence-corrected chi connectivity index (χ3v) is 3.85. The van der Waals surface area contributed by atoms with Crippen LogP contribution in [0.4, 0.5) is 0 Å². The molecule has 116 valence electrons. The first-order valence-electron chi connectivity index (χ1n) is 6.97. The van der Waals surface area contributed by atoms with Crippen molar-refractivity contribution in [3.05, 3.63) is 60.2 Å². The molecule has 0 aliphatic carbocycles. The lowest BCUT2D eigenvalue weighted by Gasteiger charge is -2.01. The third kappa shape index (κ3) is 3.98. The largest absolute Gasteiger partial charge is 0.497 e. The van der Waals surface area contributed by atoms with Crippen LogP contribution in [-0.4, -0.2) is 22.4 Å². The van der Waals surface area contributed by atoms with Crippen LogP contribution < -0.4 is 4.74 Å². The number of hydrogen-bond acceptors (Lipinski definition) is 6. The van der Waals surface area contributed by atoms with Crippen LogP contribution in [0.3, 0.4) is 0 Å². The van der Waals surface area contributed by atoms with E-state index in [0.717, 1.165) is 28.6 Å². The van der Waals surface area contributed by atoms with E-state index in [1.807, 2.05) is 54.6 Å². The monoisotopic (exact) mass is 326 g/mol. The number of nitrogens with zero attached hydrogens (tertiary/aromatic N) is 2. The second kappa shape index (κ2) is 7.11. The molecular formula is C17H14N2O3S. The predicted molar refractivity (Wildman–Crippen MR) is 87.3 cm³/mol. The van der Waals surface area contributed by atoms with Gasteiger partial charge < -0.3 is 9.15 Å². The van der Waals surface area contributed by atoms with Crippen LogP contribution in [0.15, 0.2) is 64.2 Å². The van der Waals surface area contributed by atoms with Gasteiger partial charge in [-0.15, -0.1) is 10.2 Å². The average molecular weight is 326 g/mol. The van der Waals surface area contributed by atoms with Crippen LogP contribution >= 0.6 is 11.8 Å². The summed E-state index contributed by atoms with van der Waals surface area (Å²) in [7, 11) is 1.61. The minimum atomic E-state index is -0.0570. The highest BCUT2D eigenvalue weighted by molar-refractivity contribution is 8.13. The van der Waals surface area contributed by atoms with Crippen molar-refractivity contribution in [2.24, 2.45) is 0 Å². The lowest BCUT2D eigenvalue weighted by molar-refractivity contribution is -0.110. The SMILES string of the molecule is COc1ccc(CC(=O)Sc2nnc(-c3ccccc3)o2)cc1. The van der Waals surface area contributed by atoms with E-state index >= 15 is 0 Å². The summed E-state index contributed by atoms with van der Waals surface area (Å²) in [4.78, 5) is 12.1. The van der Waals surface area contributed by atoms with Crippen molar-refractivity contribution in [1.29, 1.82) is 0 Å². The highest BCUT2D eigenvalue weighted by Gasteiger charge is 2.13. The summed E-state index contributed by atoms with van der Waals surface area (Å²) in [6, 6.07) is 16.8. The fraction of sp³-hybridized carbons (Fsp3) is 0.118. The summed E-state index contributed by atoms with van der Waals surface area (Å²) in [5, 5.41) is 8.07. The second-order valence-corrected chi connectivity index (χ2v) is 5.75. The number of hydrogen-bond donors (Lipinski definition) is 0. The first-order valence-corrected chi connectivity index (χ1v) is 7.79. The van der Waals surface area contributed by atoms with E-state index in [4.69, 9.17) is 9.15 Å². The quantitative estimate of drug-likeness (QED) is 0.667. The van der Waals surface area contributed by atoms with Gasteiger partial charge in [0.15, 0.2) is 0 Å². The molecule has 23 heavy (non-hydrogen) atoms. The molecule has 6 heteroatoms. The molecule has 3 rings (SSSR count). The minimum absolute atomic E-state index is 0.0570. The second-order valence-electron chi connectivity index (χ2n) is 4.74. The smallest absolute Gasteiger partial charge is 0.284 e. The molecule has 2 aromatic carbocycles. The van der Waals surface area contributed by atoms with Gasteiger partial charge in [-0.1, -0.05) is 30.3 Å². The minimum Gasteiger partial charge on any atom is -0.497 e. The van der Waals surface area contributed by atoms with Crippen molar-refractivity contribution >= 4 is 16.9 Å². The van der Waals surface area contributed by atoms with Crippen molar-refractivity contribution in [1.82, 2.24) is 10.2 Å². The molecule has 0 saturated heterocycles. The van der Waals surface area contributed by atoms with Crippen molar-refractivity contribution in [2.75, 3.05) is 7.11 Å². The van der Waals surface area contributed by atoms with Gasteiger partial charge in [0, 0.05) is 23.7 Å². The standard InChI is InChI=1S/C17H14N2O3S/c1-21-14-9-7-12(8-10-14)11-15(20)23-17-19-18-16(22-17)13-5-3-2-4-6-13/h2-10H,11H2,1H3. The number of ether oxygens (including phenoxy) is 1. The molecule has 0 aliphatic heterocycles. The van der Waals surface area contributed by atoms with E-state index < -0.39 is 0 Å². The maximum Gasteiger partial charge on any atom is 0.284 e. The van der Waals surface area contributed by atoms with Gasteiger partial charge in [-0.25, -0.2) is 0 Å². The van der Waals surface area contributed by atoms with Gasteiger partial charge in [0.2, 0.25) is 11.0 Å². The molecule has 3 aromatic rings. The fourth-order valence-corrected chi connectivity index (χ4v) is 2.63. The van der Waals surface area contributed by atoms with Gasteiger partial charge in [-0.3, -0.25) is 4.79 Å². The normalized spacial score (nSPS) is 10.5. The van der Waals surface area contributed by atoms with Gasteiger partial charge in [-0.05, 0) is 29.8 Å². The van der Waals surface area contributed by atoms with Crippen LogP contribution in [0.5, 0.6) is 5.75 Å². The van der Waals surface area contributed by atoms with Gasteiger partial charge >= 0.3 is 0 Å². The number of rotatable bonds is 5. The van der Waals surface area contributed by atoms with Crippen LogP contribution in [0.2, 0.25) is 0 Å². The zero-order valence-corrected chi connectivity index (χ0v) is 13.2. The first-order chi connectivity index (χ1) is 11.2. The molecule has 1 aromatic heterocycles. The van der Waals surface area contributed by atoms with Crippen LogP contribution in [0.1, 0.15) is 5.56 Å². The average Bonchev–Trinajstić information content (AvgIpc) is 3.04.